The van der Waals surface area contributed by atoms with Crippen LogP contribution in [0.5, 0.6) is 0 Å². The van der Waals surface area contributed by atoms with E-state index in [0.717, 1.165) is 18.5 Å². The monoisotopic (exact) mass is 311 g/mol. The molecule has 2 rings (SSSR count). The molecule has 2 atom stereocenters. The zero-order valence-electron chi connectivity index (χ0n) is 12.1. The molecule has 116 valence electrons. The van der Waals surface area contributed by atoms with Crippen molar-refractivity contribution in [2.24, 2.45) is 5.92 Å². The maximum Gasteiger partial charge on any atom is 0.308 e. The molecular formula is C15H21NO4S. The van der Waals surface area contributed by atoms with Gasteiger partial charge in [0.1, 0.15) is 0 Å². The van der Waals surface area contributed by atoms with E-state index in [1.807, 2.05) is 6.92 Å². The average molecular weight is 311 g/mol. The van der Waals surface area contributed by atoms with E-state index in [1.165, 1.54) is 0 Å². The summed E-state index contributed by atoms with van der Waals surface area (Å²) in [5.74, 6) is -0.996. The van der Waals surface area contributed by atoms with Crippen molar-refractivity contribution in [1.82, 2.24) is 0 Å². The van der Waals surface area contributed by atoms with Crippen molar-refractivity contribution in [3.8, 4) is 0 Å². The van der Waals surface area contributed by atoms with Gasteiger partial charge in [-0.25, -0.2) is 8.42 Å². The van der Waals surface area contributed by atoms with Crippen molar-refractivity contribution in [3.05, 3.63) is 24.3 Å². The van der Waals surface area contributed by atoms with Gasteiger partial charge >= 0.3 is 5.97 Å². The second-order valence-electron chi connectivity index (χ2n) is 5.47. The Morgan fingerprint density at radius 3 is 2.52 bits per heavy atom. The summed E-state index contributed by atoms with van der Waals surface area (Å²) in [4.78, 5) is 11.5. The Bertz CT molecular complexity index is 595. The van der Waals surface area contributed by atoms with Gasteiger partial charge < -0.3 is 10.4 Å². The average Bonchev–Trinajstić information content (AvgIpc) is 2.87. The molecule has 1 aromatic rings. The highest BCUT2D eigenvalue weighted by molar-refractivity contribution is 7.91. The molecule has 21 heavy (non-hydrogen) atoms. The Hall–Kier alpha value is -1.56. The zero-order chi connectivity index (χ0) is 15.5. The Morgan fingerprint density at radius 2 is 1.95 bits per heavy atom. The van der Waals surface area contributed by atoms with Crippen LogP contribution in [0.25, 0.3) is 0 Å². The first-order valence-electron chi connectivity index (χ1n) is 7.26. The van der Waals surface area contributed by atoms with Crippen LogP contribution in [0.1, 0.15) is 32.6 Å². The highest BCUT2D eigenvalue weighted by atomic mass is 32.2. The Morgan fingerprint density at radius 1 is 1.29 bits per heavy atom. The summed E-state index contributed by atoms with van der Waals surface area (Å²) in [6, 6.07) is 6.50. The van der Waals surface area contributed by atoms with Crippen LogP contribution in [-0.2, 0) is 14.6 Å². The van der Waals surface area contributed by atoms with Gasteiger partial charge in [0.25, 0.3) is 0 Å². The number of anilines is 1. The summed E-state index contributed by atoms with van der Waals surface area (Å²) < 4.78 is 23.9. The molecule has 1 aliphatic rings. The fourth-order valence-electron chi connectivity index (χ4n) is 2.79. The minimum Gasteiger partial charge on any atom is -0.481 e. The minimum atomic E-state index is -3.20. The number of rotatable bonds is 6. The molecule has 1 aromatic carbocycles. The van der Waals surface area contributed by atoms with Crippen LogP contribution < -0.4 is 5.32 Å². The highest BCUT2D eigenvalue weighted by Crippen LogP contribution is 2.29. The van der Waals surface area contributed by atoms with Gasteiger partial charge in [0.15, 0.2) is 9.84 Å². The number of nitrogens with one attached hydrogen (secondary N) is 1. The molecule has 0 amide bonds. The third-order valence-corrected chi connectivity index (χ3v) is 5.81. The lowest BCUT2D eigenvalue weighted by Gasteiger charge is -2.19. The van der Waals surface area contributed by atoms with Gasteiger partial charge in [0.05, 0.1) is 16.6 Å². The molecule has 0 aliphatic heterocycles. The lowest BCUT2D eigenvalue weighted by Crippen LogP contribution is -2.29. The first-order chi connectivity index (χ1) is 9.94. The van der Waals surface area contributed by atoms with E-state index in [-0.39, 0.29) is 17.7 Å². The van der Waals surface area contributed by atoms with Crippen molar-refractivity contribution in [1.29, 1.82) is 0 Å². The number of carbonyl (C=O) groups is 1. The standard InChI is InChI=1S/C15H21NO4S/c1-2-10-21(19,20)12-8-6-11(7-9-12)16-14-5-3-4-13(14)15(17)18/h6-9,13-14,16H,2-5,10H2,1H3,(H,17,18). The second-order valence-corrected chi connectivity index (χ2v) is 7.58. The summed E-state index contributed by atoms with van der Waals surface area (Å²) >= 11 is 0. The van der Waals surface area contributed by atoms with Gasteiger partial charge in [-0.2, -0.15) is 0 Å². The first kappa shape index (κ1) is 15.8. The van der Waals surface area contributed by atoms with E-state index in [9.17, 15) is 13.2 Å². The quantitative estimate of drug-likeness (QED) is 0.843. The number of hydrogen-bond donors (Lipinski definition) is 2. The minimum absolute atomic E-state index is 0.0828. The molecule has 2 N–H and O–H groups in total. The zero-order valence-corrected chi connectivity index (χ0v) is 12.9. The van der Waals surface area contributed by atoms with Crippen LogP contribution in [0.15, 0.2) is 29.2 Å². The third kappa shape index (κ3) is 3.75. The van der Waals surface area contributed by atoms with Gasteiger partial charge in [-0.15, -0.1) is 0 Å². The lowest BCUT2D eigenvalue weighted by molar-refractivity contribution is -0.141. The summed E-state index contributed by atoms with van der Waals surface area (Å²) in [7, 11) is -3.20. The first-order valence-corrected chi connectivity index (χ1v) is 8.91. The molecule has 0 heterocycles. The number of hydrogen-bond acceptors (Lipinski definition) is 4. The van der Waals surface area contributed by atoms with Gasteiger partial charge in [0.2, 0.25) is 0 Å². The van der Waals surface area contributed by atoms with Crippen molar-refractivity contribution in [3.63, 3.8) is 0 Å². The normalized spacial score (nSPS) is 22.1. The van der Waals surface area contributed by atoms with E-state index in [4.69, 9.17) is 5.11 Å². The number of sulfone groups is 1. The van der Waals surface area contributed by atoms with Gasteiger partial charge in [-0.05, 0) is 43.5 Å². The summed E-state index contributed by atoms with van der Waals surface area (Å²) in [5.41, 5.74) is 0.767. The van der Waals surface area contributed by atoms with Crippen molar-refractivity contribution < 1.29 is 18.3 Å². The predicted octanol–water partition coefficient (Wildman–Crippen LogP) is 2.54. The smallest absolute Gasteiger partial charge is 0.308 e. The molecule has 5 nitrogen and oxygen atoms in total. The van der Waals surface area contributed by atoms with Crippen LogP contribution in [-0.4, -0.2) is 31.3 Å². The van der Waals surface area contributed by atoms with Crippen LogP contribution >= 0.6 is 0 Å². The molecule has 1 fully saturated rings. The Balaban J connectivity index is 2.08. The summed E-state index contributed by atoms with van der Waals surface area (Å²) in [6.07, 6.45) is 3.01. The summed E-state index contributed by atoms with van der Waals surface area (Å²) in [6.45, 7) is 1.83. The number of carboxylic acid groups (broad SMARTS) is 1. The molecule has 1 aliphatic carbocycles. The maximum absolute atomic E-state index is 11.9. The van der Waals surface area contributed by atoms with Crippen molar-refractivity contribution >= 4 is 21.5 Å². The van der Waals surface area contributed by atoms with Crippen LogP contribution in [0.2, 0.25) is 0 Å². The molecule has 0 aromatic heterocycles. The number of aliphatic carboxylic acids is 1. The van der Waals surface area contributed by atoms with Gasteiger partial charge in [-0.1, -0.05) is 13.3 Å². The maximum atomic E-state index is 11.9. The summed E-state index contributed by atoms with van der Waals surface area (Å²) in [5, 5.41) is 12.4. The van der Waals surface area contributed by atoms with E-state index in [0.29, 0.717) is 17.7 Å². The Kier molecular flexibility index (Phi) is 4.88. The molecule has 1 saturated carbocycles. The Labute approximate surface area is 125 Å². The molecule has 0 radical (unpaired) electrons. The largest absolute Gasteiger partial charge is 0.481 e. The van der Waals surface area contributed by atoms with E-state index < -0.39 is 15.8 Å². The van der Waals surface area contributed by atoms with Gasteiger partial charge in [-0.3, -0.25) is 4.79 Å². The molecular weight excluding hydrogens is 290 g/mol. The third-order valence-electron chi connectivity index (χ3n) is 3.87. The lowest BCUT2D eigenvalue weighted by atomic mass is 10.0. The molecule has 2 unspecified atom stereocenters. The molecule has 0 saturated heterocycles. The second kappa shape index (κ2) is 6.47. The number of benzene rings is 1. The van der Waals surface area contributed by atoms with Gasteiger partial charge in [0, 0.05) is 11.7 Å². The fourth-order valence-corrected chi connectivity index (χ4v) is 4.11. The van der Waals surface area contributed by atoms with E-state index in [1.54, 1.807) is 24.3 Å². The van der Waals surface area contributed by atoms with Crippen LogP contribution in [0.4, 0.5) is 5.69 Å². The molecule has 0 spiro atoms. The van der Waals surface area contributed by atoms with E-state index in [2.05, 4.69) is 5.32 Å². The van der Waals surface area contributed by atoms with E-state index >= 15 is 0 Å². The fraction of sp³-hybridized carbons (Fsp3) is 0.533. The molecule has 0 bridgehead atoms. The van der Waals surface area contributed by atoms with Crippen molar-refractivity contribution in [2.75, 3.05) is 11.1 Å². The number of carboxylic acids is 1. The van der Waals surface area contributed by atoms with Crippen molar-refractivity contribution in [2.45, 2.75) is 43.5 Å². The highest BCUT2D eigenvalue weighted by Gasteiger charge is 2.32. The topological polar surface area (TPSA) is 83.5 Å². The predicted molar refractivity (Wildman–Crippen MR) is 81.2 cm³/mol. The van der Waals surface area contributed by atoms with Crippen LogP contribution in [0.3, 0.4) is 0 Å². The molecule has 6 heteroatoms. The van der Waals surface area contributed by atoms with Crippen LogP contribution in [0, 0.1) is 5.92 Å². The SMILES string of the molecule is CCCS(=O)(=O)c1ccc(NC2CCCC2C(=O)O)cc1.